The van der Waals surface area contributed by atoms with E-state index in [0.717, 1.165) is 19.0 Å². The molecule has 0 spiro atoms. The maximum Gasteiger partial charge on any atom is 0.421 e. The Morgan fingerprint density at radius 1 is 1.32 bits per heavy atom. The smallest absolute Gasteiger partial charge is 0.379 e. The molecule has 0 bridgehead atoms. The number of nitrogens with zero attached hydrogens (tertiary/aromatic N) is 4. The lowest BCUT2D eigenvalue weighted by molar-refractivity contribution is -0.137. The van der Waals surface area contributed by atoms with Gasteiger partial charge < -0.3 is 15.4 Å². The van der Waals surface area contributed by atoms with Crippen molar-refractivity contribution in [3.05, 3.63) is 34.4 Å². The highest BCUT2D eigenvalue weighted by molar-refractivity contribution is 5.56. The molecule has 1 saturated heterocycles. The summed E-state index contributed by atoms with van der Waals surface area (Å²) >= 11 is 0. The first-order valence-electron chi connectivity index (χ1n) is 8.90. The van der Waals surface area contributed by atoms with Gasteiger partial charge in [-0.15, -0.1) is 0 Å². The normalized spacial score (nSPS) is 20.8. The second-order valence-electron chi connectivity index (χ2n) is 7.31. The molecule has 2 fully saturated rings. The Kier molecular flexibility index (Phi) is 4.48. The summed E-state index contributed by atoms with van der Waals surface area (Å²) in [6, 6.07) is 1.20. The minimum atomic E-state index is -4.57. The van der Waals surface area contributed by atoms with Gasteiger partial charge in [0.2, 0.25) is 5.95 Å². The van der Waals surface area contributed by atoms with Crippen molar-refractivity contribution in [1.29, 1.82) is 0 Å². The highest BCUT2D eigenvalue weighted by Crippen LogP contribution is 2.41. The Balaban J connectivity index is 1.58. The zero-order chi connectivity index (χ0) is 19.9. The lowest BCUT2D eigenvalue weighted by Crippen LogP contribution is -2.27. The summed E-state index contributed by atoms with van der Waals surface area (Å²) in [5.74, 6) is -0.336. The largest absolute Gasteiger partial charge is 0.421 e. The first kappa shape index (κ1) is 18.7. The summed E-state index contributed by atoms with van der Waals surface area (Å²) in [6.45, 7) is 2.83. The molecule has 1 aliphatic carbocycles. The Morgan fingerprint density at radius 3 is 2.71 bits per heavy atom. The molecule has 2 aliphatic rings. The summed E-state index contributed by atoms with van der Waals surface area (Å²) in [5, 5.41) is 9.71. The Bertz CT molecular complexity index is 935. The molecule has 0 radical (unpaired) electrons. The van der Waals surface area contributed by atoms with Crippen LogP contribution < -0.4 is 16.2 Å². The number of nitrogens with one attached hydrogen (secondary N) is 2. The average molecular weight is 396 g/mol. The third-order valence-corrected chi connectivity index (χ3v) is 4.85. The molecule has 11 heteroatoms. The van der Waals surface area contributed by atoms with E-state index in [1.807, 2.05) is 6.92 Å². The molecule has 28 heavy (non-hydrogen) atoms. The van der Waals surface area contributed by atoms with Gasteiger partial charge in [0.05, 0.1) is 24.5 Å². The minimum absolute atomic E-state index is 0.0529. The second kappa shape index (κ2) is 6.73. The van der Waals surface area contributed by atoms with E-state index in [0.29, 0.717) is 25.3 Å². The standard InChI is InChI=1S/C17H19F3N6O2/c1-16(3-4-16)25-14-12(17(18,19)20)8-21-15(24-14)23-10-6-13(27)26(22-7-10)11-2-5-28-9-11/h6-8,11H,2-5,9H2,1H3,(H2,21,23,24,25). The zero-order valence-electron chi connectivity index (χ0n) is 15.1. The van der Waals surface area contributed by atoms with Crippen LogP contribution >= 0.6 is 0 Å². The van der Waals surface area contributed by atoms with E-state index in [2.05, 4.69) is 25.7 Å². The number of hydrogen-bond acceptors (Lipinski definition) is 7. The number of aromatic nitrogens is 4. The summed E-state index contributed by atoms with van der Waals surface area (Å²) in [6.07, 6.45) is -0.189. The minimum Gasteiger partial charge on any atom is -0.379 e. The van der Waals surface area contributed by atoms with Gasteiger partial charge >= 0.3 is 6.18 Å². The predicted octanol–water partition coefficient (Wildman–Crippen LogP) is 2.72. The van der Waals surface area contributed by atoms with Gasteiger partial charge in [-0.3, -0.25) is 4.79 Å². The molecule has 1 aliphatic heterocycles. The van der Waals surface area contributed by atoms with E-state index >= 15 is 0 Å². The molecule has 4 rings (SSSR count). The number of alkyl halides is 3. The molecule has 0 amide bonds. The molecule has 8 nitrogen and oxygen atoms in total. The summed E-state index contributed by atoms with van der Waals surface area (Å²) in [5.41, 5.74) is -1.36. The lowest BCUT2D eigenvalue weighted by Gasteiger charge is -2.18. The summed E-state index contributed by atoms with van der Waals surface area (Å²) in [7, 11) is 0. The van der Waals surface area contributed by atoms with Crippen LogP contribution in [-0.4, -0.2) is 38.5 Å². The van der Waals surface area contributed by atoms with Crippen molar-refractivity contribution in [2.24, 2.45) is 0 Å². The van der Waals surface area contributed by atoms with Crippen LogP contribution in [-0.2, 0) is 10.9 Å². The SMILES string of the molecule is CC1(Nc2nc(Nc3cnn(C4CCOC4)c(=O)c3)ncc2C(F)(F)F)CC1. The summed E-state index contributed by atoms with van der Waals surface area (Å²) in [4.78, 5) is 20.0. The van der Waals surface area contributed by atoms with Gasteiger partial charge in [0.1, 0.15) is 11.4 Å². The Morgan fingerprint density at radius 2 is 2.11 bits per heavy atom. The molecule has 1 unspecified atom stereocenters. The molecule has 2 N–H and O–H groups in total. The fraction of sp³-hybridized carbons (Fsp3) is 0.529. The zero-order valence-corrected chi connectivity index (χ0v) is 15.1. The Hall–Kier alpha value is -2.69. The summed E-state index contributed by atoms with van der Waals surface area (Å²) < 4.78 is 46.3. The van der Waals surface area contributed by atoms with Gasteiger partial charge in [-0.1, -0.05) is 0 Å². The first-order valence-corrected chi connectivity index (χ1v) is 8.90. The first-order chi connectivity index (χ1) is 13.2. The number of anilines is 3. The molecule has 2 aromatic rings. The predicted molar refractivity (Wildman–Crippen MR) is 94.5 cm³/mol. The van der Waals surface area contributed by atoms with Crippen molar-refractivity contribution in [3.63, 3.8) is 0 Å². The molecule has 1 atom stereocenters. The van der Waals surface area contributed by atoms with Crippen molar-refractivity contribution in [2.45, 2.75) is 43.9 Å². The molecule has 1 saturated carbocycles. The molecule has 2 aromatic heterocycles. The third-order valence-electron chi connectivity index (χ3n) is 4.85. The average Bonchev–Trinajstić information content (AvgIpc) is 3.11. The lowest BCUT2D eigenvalue weighted by atomic mass is 10.2. The van der Waals surface area contributed by atoms with Crippen LogP contribution in [0.1, 0.15) is 37.8 Å². The molecule has 0 aromatic carbocycles. The van der Waals surface area contributed by atoms with E-state index in [-0.39, 0.29) is 23.4 Å². The highest BCUT2D eigenvalue weighted by Gasteiger charge is 2.42. The second-order valence-corrected chi connectivity index (χ2v) is 7.31. The van der Waals surface area contributed by atoms with Crippen LogP contribution in [0, 0.1) is 0 Å². The maximum absolute atomic E-state index is 13.2. The monoisotopic (exact) mass is 396 g/mol. The van der Waals surface area contributed by atoms with E-state index in [4.69, 9.17) is 4.74 Å². The third kappa shape index (κ3) is 3.93. The number of rotatable bonds is 5. The molecule has 150 valence electrons. The van der Waals surface area contributed by atoms with E-state index < -0.39 is 17.3 Å². The number of halogens is 3. The van der Waals surface area contributed by atoms with Crippen LogP contribution in [0.25, 0.3) is 0 Å². The fourth-order valence-electron chi connectivity index (χ4n) is 2.95. The van der Waals surface area contributed by atoms with Crippen molar-refractivity contribution in [1.82, 2.24) is 19.7 Å². The molecular weight excluding hydrogens is 377 g/mol. The van der Waals surface area contributed by atoms with E-state index in [9.17, 15) is 18.0 Å². The van der Waals surface area contributed by atoms with Gasteiger partial charge in [-0.2, -0.15) is 23.3 Å². The quantitative estimate of drug-likeness (QED) is 0.803. The van der Waals surface area contributed by atoms with Gasteiger partial charge in [-0.05, 0) is 26.2 Å². The van der Waals surface area contributed by atoms with Crippen LogP contribution in [0.5, 0.6) is 0 Å². The highest BCUT2D eigenvalue weighted by atomic mass is 19.4. The van der Waals surface area contributed by atoms with Crippen molar-refractivity contribution in [2.75, 3.05) is 23.8 Å². The molecule has 3 heterocycles. The van der Waals surface area contributed by atoms with Gasteiger partial charge in [0.15, 0.2) is 0 Å². The van der Waals surface area contributed by atoms with Crippen molar-refractivity contribution < 1.29 is 17.9 Å². The maximum atomic E-state index is 13.2. The van der Waals surface area contributed by atoms with Crippen molar-refractivity contribution >= 4 is 17.5 Å². The van der Waals surface area contributed by atoms with Gasteiger partial charge in [0.25, 0.3) is 5.56 Å². The van der Waals surface area contributed by atoms with Crippen LogP contribution in [0.2, 0.25) is 0 Å². The van der Waals surface area contributed by atoms with E-state index in [1.54, 1.807) is 0 Å². The van der Waals surface area contributed by atoms with Crippen LogP contribution in [0.15, 0.2) is 23.3 Å². The molecular formula is C17H19F3N6O2. The van der Waals surface area contributed by atoms with Gasteiger partial charge in [0, 0.05) is 24.4 Å². The Labute approximate surface area is 158 Å². The fourth-order valence-corrected chi connectivity index (χ4v) is 2.95. The number of hydrogen-bond donors (Lipinski definition) is 2. The van der Waals surface area contributed by atoms with Crippen molar-refractivity contribution in [3.8, 4) is 0 Å². The van der Waals surface area contributed by atoms with Crippen LogP contribution in [0.3, 0.4) is 0 Å². The van der Waals surface area contributed by atoms with Crippen LogP contribution in [0.4, 0.5) is 30.6 Å². The topological polar surface area (TPSA) is 94.0 Å². The number of ether oxygens (including phenoxy) is 1. The van der Waals surface area contributed by atoms with Gasteiger partial charge in [-0.25, -0.2) is 9.67 Å². The van der Waals surface area contributed by atoms with E-state index in [1.165, 1.54) is 16.9 Å².